The second-order valence-electron chi connectivity index (χ2n) is 4.19. The van der Waals surface area contributed by atoms with Gasteiger partial charge < -0.3 is 9.67 Å². The van der Waals surface area contributed by atoms with E-state index >= 15 is 0 Å². The van der Waals surface area contributed by atoms with Crippen LogP contribution in [0.1, 0.15) is 0 Å². The summed E-state index contributed by atoms with van der Waals surface area (Å²) in [5, 5.41) is 20.8. The van der Waals surface area contributed by atoms with Crippen molar-refractivity contribution >= 4 is 39.2 Å². The van der Waals surface area contributed by atoms with Crippen molar-refractivity contribution in [3.05, 3.63) is 29.6 Å². The van der Waals surface area contributed by atoms with Gasteiger partial charge in [-0.05, 0) is 6.07 Å². The van der Waals surface area contributed by atoms with E-state index in [0.29, 0.717) is 5.16 Å². The molecule has 2 heterocycles. The second-order valence-corrected chi connectivity index (χ2v) is 6.05. The molecule has 2 aromatic heterocycles. The van der Waals surface area contributed by atoms with E-state index in [0.717, 1.165) is 16.8 Å². The average Bonchev–Trinajstić information content (AvgIpc) is 3.00. The van der Waals surface area contributed by atoms with Crippen LogP contribution in [0.25, 0.3) is 21.5 Å². The van der Waals surface area contributed by atoms with Crippen LogP contribution in [-0.2, 0) is 11.8 Å². The average molecular weight is 305 g/mol. The molecule has 0 spiro atoms. The van der Waals surface area contributed by atoms with Crippen molar-refractivity contribution in [2.24, 2.45) is 7.05 Å². The van der Waals surface area contributed by atoms with Gasteiger partial charge in [0, 0.05) is 28.1 Å². The fourth-order valence-corrected chi connectivity index (χ4v) is 3.52. The predicted molar refractivity (Wildman–Crippen MR) is 80.2 cm³/mol. The highest BCUT2D eigenvalue weighted by atomic mass is 32.2. The third-order valence-corrected chi connectivity index (χ3v) is 4.85. The Morgan fingerprint density at radius 3 is 3.00 bits per heavy atom. The normalized spacial score (nSPS) is 11.1. The van der Waals surface area contributed by atoms with E-state index in [9.17, 15) is 4.79 Å². The van der Waals surface area contributed by atoms with Crippen LogP contribution in [0, 0.1) is 0 Å². The van der Waals surface area contributed by atoms with Crippen LogP contribution in [0.3, 0.4) is 0 Å². The third-order valence-electron chi connectivity index (χ3n) is 2.88. The summed E-state index contributed by atoms with van der Waals surface area (Å²) in [4.78, 5) is 10.6. The van der Waals surface area contributed by atoms with Crippen molar-refractivity contribution in [3.8, 4) is 11.4 Å². The summed E-state index contributed by atoms with van der Waals surface area (Å²) in [5.41, 5.74) is 1.03. The second kappa shape index (κ2) is 5.26. The SMILES string of the molecule is Cn1c(SCC(=O)O)nnc1-c1csc2ccccc12. The van der Waals surface area contributed by atoms with Crippen LogP contribution in [0.15, 0.2) is 34.8 Å². The van der Waals surface area contributed by atoms with E-state index in [2.05, 4.69) is 27.7 Å². The van der Waals surface area contributed by atoms with Crippen LogP contribution in [0.5, 0.6) is 0 Å². The van der Waals surface area contributed by atoms with Gasteiger partial charge in [0.15, 0.2) is 11.0 Å². The van der Waals surface area contributed by atoms with Crippen molar-refractivity contribution < 1.29 is 9.90 Å². The highest BCUT2D eigenvalue weighted by Gasteiger charge is 2.15. The Morgan fingerprint density at radius 2 is 2.20 bits per heavy atom. The Hall–Kier alpha value is -1.86. The quantitative estimate of drug-likeness (QED) is 0.751. The van der Waals surface area contributed by atoms with Crippen LogP contribution in [0.2, 0.25) is 0 Å². The number of benzene rings is 1. The number of thioether (sulfide) groups is 1. The van der Waals surface area contributed by atoms with Gasteiger partial charge in [-0.15, -0.1) is 21.5 Å². The fraction of sp³-hybridized carbons (Fsp3) is 0.154. The number of carboxylic acid groups (broad SMARTS) is 1. The largest absolute Gasteiger partial charge is 0.481 e. The van der Waals surface area contributed by atoms with E-state index in [4.69, 9.17) is 5.11 Å². The molecule has 1 aromatic carbocycles. The first kappa shape index (κ1) is 13.1. The first-order chi connectivity index (χ1) is 9.66. The molecular formula is C13H11N3O2S2. The summed E-state index contributed by atoms with van der Waals surface area (Å²) >= 11 is 2.83. The molecule has 0 saturated heterocycles. The lowest BCUT2D eigenvalue weighted by Gasteiger charge is -2.01. The minimum Gasteiger partial charge on any atom is -0.481 e. The molecule has 0 amide bonds. The number of carboxylic acids is 1. The molecule has 1 N–H and O–H groups in total. The van der Waals surface area contributed by atoms with Crippen molar-refractivity contribution in [2.45, 2.75) is 5.16 Å². The molecule has 0 radical (unpaired) electrons. The Kier molecular flexibility index (Phi) is 3.45. The molecule has 0 aliphatic heterocycles. The molecule has 0 saturated carbocycles. The van der Waals surface area contributed by atoms with Crippen LogP contribution in [0.4, 0.5) is 0 Å². The molecule has 5 nitrogen and oxygen atoms in total. The summed E-state index contributed by atoms with van der Waals surface area (Å²) in [7, 11) is 1.85. The lowest BCUT2D eigenvalue weighted by atomic mass is 10.2. The molecular weight excluding hydrogens is 294 g/mol. The number of nitrogens with zero attached hydrogens (tertiary/aromatic N) is 3. The molecule has 3 rings (SSSR count). The first-order valence-electron chi connectivity index (χ1n) is 5.87. The number of hydrogen-bond donors (Lipinski definition) is 1. The fourth-order valence-electron chi connectivity index (χ4n) is 1.95. The Morgan fingerprint density at radius 1 is 1.40 bits per heavy atom. The topological polar surface area (TPSA) is 68.0 Å². The van der Waals surface area contributed by atoms with Gasteiger partial charge in [0.2, 0.25) is 0 Å². The maximum atomic E-state index is 10.6. The number of aliphatic carboxylic acids is 1. The number of rotatable bonds is 4. The lowest BCUT2D eigenvalue weighted by Crippen LogP contribution is -2.00. The van der Waals surface area contributed by atoms with E-state index < -0.39 is 5.97 Å². The van der Waals surface area contributed by atoms with Crippen LogP contribution < -0.4 is 0 Å². The van der Waals surface area contributed by atoms with Gasteiger partial charge >= 0.3 is 5.97 Å². The number of aromatic nitrogens is 3. The van der Waals surface area contributed by atoms with Gasteiger partial charge in [-0.2, -0.15) is 0 Å². The highest BCUT2D eigenvalue weighted by Crippen LogP contribution is 2.33. The van der Waals surface area contributed by atoms with Crippen molar-refractivity contribution in [1.82, 2.24) is 14.8 Å². The maximum Gasteiger partial charge on any atom is 0.313 e. The first-order valence-corrected chi connectivity index (χ1v) is 7.74. The number of carbonyl (C=O) groups is 1. The standard InChI is InChI=1S/C13H11N3O2S2/c1-16-12(14-15-13(16)20-7-11(17)18)9-6-19-10-5-3-2-4-8(9)10/h2-6H,7H2,1H3,(H,17,18). The molecule has 20 heavy (non-hydrogen) atoms. The van der Waals surface area contributed by atoms with Crippen molar-refractivity contribution in [2.75, 3.05) is 5.75 Å². The minimum atomic E-state index is -0.861. The molecule has 0 fully saturated rings. The number of fused-ring (bicyclic) bond motifs is 1. The van der Waals surface area contributed by atoms with E-state index in [1.807, 2.05) is 23.7 Å². The Bertz CT molecular complexity index is 779. The van der Waals surface area contributed by atoms with Gasteiger partial charge in [-0.25, -0.2) is 0 Å². The minimum absolute atomic E-state index is 0.0175. The summed E-state index contributed by atoms with van der Waals surface area (Å²) in [6.07, 6.45) is 0. The predicted octanol–water partition coefficient (Wildman–Crippen LogP) is 2.87. The monoisotopic (exact) mass is 305 g/mol. The lowest BCUT2D eigenvalue weighted by molar-refractivity contribution is -0.133. The zero-order valence-electron chi connectivity index (χ0n) is 10.6. The molecule has 7 heteroatoms. The third kappa shape index (κ3) is 2.30. The Balaban J connectivity index is 2.00. The molecule has 0 unspecified atom stereocenters. The summed E-state index contributed by atoms with van der Waals surface area (Å²) in [5.74, 6) is -0.119. The van der Waals surface area contributed by atoms with E-state index in [-0.39, 0.29) is 5.75 Å². The van der Waals surface area contributed by atoms with Gasteiger partial charge in [-0.1, -0.05) is 30.0 Å². The van der Waals surface area contributed by atoms with Crippen molar-refractivity contribution in [1.29, 1.82) is 0 Å². The van der Waals surface area contributed by atoms with Gasteiger partial charge in [-0.3, -0.25) is 4.79 Å². The van der Waals surface area contributed by atoms with Crippen LogP contribution >= 0.6 is 23.1 Å². The van der Waals surface area contributed by atoms with E-state index in [1.165, 1.54) is 16.5 Å². The smallest absolute Gasteiger partial charge is 0.313 e. The number of thiophene rings is 1. The van der Waals surface area contributed by atoms with Gasteiger partial charge in [0.05, 0.1) is 5.75 Å². The zero-order chi connectivity index (χ0) is 14.1. The highest BCUT2D eigenvalue weighted by molar-refractivity contribution is 7.99. The maximum absolute atomic E-state index is 10.6. The van der Waals surface area contributed by atoms with Crippen LogP contribution in [-0.4, -0.2) is 31.6 Å². The zero-order valence-corrected chi connectivity index (χ0v) is 12.2. The summed E-state index contributed by atoms with van der Waals surface area (Å²) in [6, 6.07) is 8.13. The molecule has 3 aromatic rings. The molecule has 0 aliphatic rings. The van der Waals surface area contributed by atoms with Crippen molar-refractivity contribution in [3.63, 3.8) is 0 Å². The van der Waals surface area contributed by atoms with Gasteiger partial charge in [0.1, 0.15) is 0 Å². The summed E-state index contributed by atoms with van der Waals surface area (Å²) in [6.45, 7) is 0. The molecule has 0 aliphatic carbocycles. The Labute approximate surface area is 123 Å². The molecule has 0 bridgehead atoms. The van der Waals surface area contributed by atoms with Gasteiger partial charge in [0.25, 0.3) is 0 Å². The summed E-state index contributed by atoms with van der Waals surface area (Å²) < 4.78 is 3.03. The molecule has 102 valence electrons. The number of hydrogen-bond acceptors (Lipinski definition) is 5. The molecule has 0 atom stereocenters. The van der Waals surface area contributed by atoms with E-state index in [1.54, 1.807) is 11.3 Å².